The van der Waals surface area contributed by atoms with Crippen LogP contribution in [0.25, 0.3) is 0 Å². The van der Waals surface area contributed by atoms with E-state index in [1.165, 1.54) is 34.8 Å². The van der Waals surface area contributed by atoms with E-state index in [1.54, 1.807) is 0 Å². The van der Waals surface area contributed by atoms with Crippen LogP contribution in [0, 0.1) is 5.92 Å². The first-order chi connectivity index (χ1) is 8.60. The standard InChI is InChI=1S/C15H26N2S/c1-5-11(4)16-9-13-15(12-6-7-12)17-14(18-13)8-10(2)3/h10-12,16H,5-9H2,1-4H3. The van der Waals surface area contributed by atoms with Gasteiger partial charge in [0.05, 0.1) is 10.7 Å². The highest BCUT2D eigenvalue weighted by Crippen LogP contribution is 2.42. The predicted octanol–water partition coefficient (Wildman–Crippen LogP) is 4.11. The molecule has 1 aromatic heterocycles. The van der Waals surface area contributed by atoms with Crippen molar-refractivity contribution in [2.45, 2.75) is 71.9 Å². The van der Waals surface area contributed by atoms with Gasteiger partial charge in [-0.15, -0.1) is 11.3 Å². The molecule has 2 nitrogen and oxygen atoms in total. The molecular weight excluding hydrogens is 240 g/mol. The average molecular weight is 266 g/mol. The van der Waals surface area contributed by atoms with Crippen molar-refractivity contribution in [2.75, 3.05) is 0 Å². The Hall–Kier alpha value is -0.410. The maximum Gasteiger partial charge on any atom is 0.0934 e. The lowest BCUT2D eigenvalue weighted by atomic mass is 10.1. The van der Waals surface area contributed by atoms with Crippen LogP contribution in [-0.2, 0) is 13.0 Å². The molecule has 1 atom stereocenters. The molecule has 0 aliphatic heterocycles. The van der Waals surface area contributed by atoms with Crippen LogP contribution >= 0.6 is 11.3 Å². The van der Waals surface area contributed by atoms with Gasteiger partial charge in [-0.3, -0.25) is 0 Å². The molecular formula is C15H26N2S. The third-order valence-corrected chi connectivity index (χ3v) is 4.64. The van der Waals surface area contributed by atoms with Crippen molar-refractivity contribution in [3.05, 3.63) is 15.6 Å². The summed E-state index contributed by atoms with van der Waals surface area (Å²) in [7, 11) is 0. The van der Waals surface area contributed by atoms with E-state index in [-0.39, 0.29) is 0 Å². The summed E-state index contributed by atoms with van der Waals surface area (Å²) in [5.41, 5.74) is 1.41. The maximum absolute atomic E-state index is 4.89. The number of hydrogen-bond donors (Lipinski definition) is 1. The molecule has 1 aromatic rings. The first-order valence-electron chi connectivity index (χ1n) is 7.32. The maximum atomic E-state index is 4.89. The number of hydrogen-bond acceptors (Lipinski definition) is 3. The van der Waals surface area contributed by atoms with Crippen LogP contribution in [-0.4, -0.2) is 11.0 Å². The molecule has 0 radical (unpaired) electrons. The summed E-state index contributed by atoms with van der Waals surface area (Å²) in [6, 6.07) is 0.604. The van der Waals surface area contributed by atoms with E-state index in [0.29, 0.717) is 12.0 Å². The topological polar surface area (TPSA) is 24.9 Å². The lowest BCUT2D eigenvalue weighted by Gasteiger charge is -2.10. The van der Waals surface area contributed by atoms with E-state index in [1.807, 2.05) is 11.3 Å². The van der Waals surface area contributed by atoms with Gasteiger partial charge in [0, 0.05) is 29.8 Å². The monoisotopic (exact) mass is 266 g/mol. The van der Waals surface area contributed by atoms with Gasteiger partial charge in [0.25, 0.3) is 0 Å². The van der Waals surface area contributed by atoms with Gasteiger partial charge in [0.15, 0.2) is 0 Å². The van der Waals surface area contributed by atoms with Gasteiger partial charge in [-0.05, 0) is 32.1 Å². The molecule has 1 N–H and O–H groups in total. The van der Waals surface area contributed by atoms with Gasteiger partial charge >= 0.3 is 0 Å². The highest BCUT2D eigenvalue weighted by Gasteiger charge is 2.29. The van der Waals surface area contributed by atoms with Gasteiger partial charge in [0.1, 0.15) is 0 Å². The first-order valence-corrected chi connectivity index (χ1v) is 8.13. The molecule has 2 rings (SSSR count). The van der Waals surface area contributed by atoms with Crippen LogP contribution in [0.1, 0.15) is 68.5 Å². The van der Waals surface area contributed by atoms with Crippen LogP contribution in [0.4, 0.5) is 0 Å². The highest BCUT2D eigenvalue weighted by molar-refractivity contribution is 7.11. The van der Waals surface area contributed by atoms with E-state index in [9.17, 15) is 0 Å². The summed E-state index contributed by atoms with van der Waals surface area (Å²) in [6.45, 7) is 10.0. The van der Waals surface area contributed by atoms with Crippen LogP contribution < -0.4 is 5.32 Å². The molecule has 1 saturated carbocycles. The van der Waals surface area contributed by atoms with Crippen LogP contribution in [0.3, 0.4) is 0 Å². The minimum absolute atomic E-state index is 0.604. The molecule has 0 spiro atoms. The smallest absolute Gasteiger partial charge is 0.0934 e. The molecule has 1 fully saturated rings. The Kier molecular flexibility index (Phi) is 4.79. The van der Waals surface area contributed by atoms with Gasteiger partial charge < -0.3 is 5.32 Å². The predicted molar refractivity (Wildman–Crippen MR) is 79.2 cm³/mol. The zero-order valence-electron chi connectivity index (χ0n) is 12.1. The van der Waals surface area contributed by atoms with Crippen molar-refractivity contribution in [1.29, 1.82) is 0 Å². The van der Waals surface area contributed by atoms with E-state index in [4.69, 9.17) is 4.98 Å². The number of rotatable bonds is 7. The summed E-state index contributed by atoms with van der Waals surface area (Å²) in [5, 5.41) is 4.95. The SMILES string of the molecule is CCC(C)NCc1sc(CC(C)C)nc1C1CC1. The summed E-state index contributed by atoms with van der Waals surface area (Å²) in [6.07, 6.45) is 5.02. The molecule has 1 aliphatic rings. The Morgan fingerprint density at radius 3 is 2.61 bits per heavy atom. The number of nitrogens with zero attached hydrogens (tertiary/aromatic N) is 1. The zero-order chi connectivity index (χ0) is 13.1. The second-order valence-electron chi connectivity index (χ2n) is 5.98. The van der Waals surface area contributed by atoms with Crippen molar-refractivity contribution in [3.63, 3.8) is 0 Å². The summed E-state index contributed by atoms with van der Waals surface area (Å²) in [5.74, 6) is 1.48. The molecule has 1 aliphatic carbocycles. The van der Waals surface area contributed by atoms with Crippen molar-refractivity contribution < 1.29 is 0 Å². The number of thiazole rings is 1. The van der Waals surface area contributed by atoms with Crippen LogP contribution in [0.2, 0.25) is 0 Å². The second kappa shape index (κ2) is 6.16. The van der Waals surface area contributed by atoms with Gasteiger partial charge in [-0.2, -0.15) is 0 Å². The van der Waals surface area contributed by atoms with Gasteiger partial charge in [0.2, 0.25) is 0 Å². The van der Waals surface area contributed by atoms with Gasteiger partial charge in [-0.25, -0.2) is 4.98 Å². The molecule has 0 amide bonds. The quantitative estimate of drug-likeness (QED) is 0.803. The number of nitrogens with one attached hydrogen (secondary N) is 1. The third kappa shape index (κ3) is 3.79. The van der Waals surface area contributed by atoms with Gasteiger partial charge in [-0.1, -0.05) is 20.8 Å². The molecule has 0 bridgehead atoms. The highest BCUT2D eigenvalue weighted by atomic mass is 32.1. The second-order valence-corrected chi connectivity index (χ2v) is 7.15. The van der Waals surface area contributed by atoms with Crippen LogP contribution in [0.5, 0.6) is 0 Å². The fourth-order valence-corrected chi connectivity index (χ4v) is 3.38. The molecule has 1 heterocycles. The fraction of sp³-hybridized carbons (Fsp3) is 0.800. The summed E-state index contributed by atoms with van der Waals surface area (Å²) in [4.78, 5) is 6.39. The van der Waals surface area contributed by atoms with Crippen molar-refractivity contribution >= 4 is 11.3 Å². The van der Waals surface area contributed by atoms with Crippen LogP contribution in [0.15, 0.2) is 0 Å². The van der Waals surface area contributed by atoms with E-state index in [2.05, 4.69) is 33.0 Å². The van der Waals surface area contributed by atoms with Crippen molar-refractivity contribution in [2.24, 2.45) is 5.92 Å². The molecule has 0 aromatic carbocycles. The molecule has 0 saturated heterocycles. The lowest BCUT2D eigenvalue weighted by molar-refractivity contribution is 0.535. The minimum atomic E-state index is 0.604. The molecule has 102 valence electrons. The first kappa shape index (κ1) is 14.0. The Morgan fingerprint density at radius 2 is 2.06 bits per heavy atom. The van der Waals surface area contributed by atoms with E-state index >= 15 is 0 Å². The Morgan fingerprint density at radius 1 is 1.33 bits per heavy atom. The average Bonchev–Trinajstić information content (AvgIpc) is 3.09. The Bertz CT molecular complexity index is 380. The summed E-state index contributed by atoms with van der Waals surface area (Å²) >= 11 is 1.94. The third-order valence-electron chi connectivity index (χ3n) is 3.54. The van der Waals surface area contributed by atoms with E-state index in [0.717, 1.165) is 18.9 Å². The van der Waals surface area contributed by atoms with Crippen molar-refractivity contribution in [1.82, 2.24) is 10.3 Å². The largest absolute Gasteiger partial charge is 0.309 e. The minimum Gasteiger partial charge on any atom is -0.309 e. The Balaban J connectivity index is 2.04. The lowest BCUT2D eigenvalue weighted by Crippen LogP contribution is -2.24. The Labute approximate surface area is 115 Å². The zero-order valence-corrected chi connectivity index (χ0v) is 12.9. The van der Waals surface area contributed by atoms with E-state index < -0.39 is 0 Å². The molecule has 3 heteroatoms. The number of aromatic nitrogens is 1. The van der Waals surface area contributed by atoms with Crippen molar-refractivity contribution in [3.8, 4) is 0 Å². The molecule has 1 unspecified atom stereocenters. The normalized spacial score (nSPS) is 17.4. The fourth-order valence-electron chi connectivity index (χ4n) is 2.06. The summed E-state index contributed by atoms with van der Waals surface area (Å²) < 4.78 is 0. The molecule has 18 heavy (non-hydrogen) atoms.